The molecule has 0 radical (unpaired) electrons. The molecule has 1 amide bonds. The lowest BCUT2D eigenvalue weighted by Crippen LogP contribution is -2.38. The number of halogens is 1. The molecule has 1 unspecified atom stereocenters. The van der Waals surface area contributed by atoms with Crippen LogP contribution in [0.25, 0.3) is 16.9 Å². The molecule has 1 aliphatic rings. The molecular weight excluding hydrogens is 484 g/mol. The maximum absolute atomic E-state index is 13.6. The molecule has 2 aromatic carbocycles. The van der Waals surface area contributed by atoms with Gasteiger partial charge in [-0.05, 0) is 37.8 Å². The third-order valence-electron chi connectivity index (χ3n) is 5.72. The molecule has 1 aliphatic heterocycles. The first kappa shape index (κ1) is 23.3. The van der Waals surface area contributed by atoms with Crippen molar-refractivity contribution in [3.05, 3.63) is 71.0 Å². The van der Waals surface area contributed by atoms with Crippen LogP contribution in [-0.4, -0.2) is 37.1 Å². The Labute approximate surface area is 212 Å². The summed E-state index contributed by atoms with van der Waals surface area (Å²) in [4.78, 5) is 19.8. The largest absolute Gasteiger partial charge is 0.447 e. The number of rotatable bonds is 5. The molecule has 0 aliphatic carbocycles. The molecular formula is C25H23ClN6O2S. The summed E-state index contributed by atoms with van der Waals surface area (Å²) in [5.74, 6) is 0.190. The van der Waals surface area contributed by atoms with Crippen molar-refractivity contribution < 1.29 is 9.53 Å². The first-order valence-electron chi connectivity index (χ1n) is 11.2. The third-order valence-corrected chi connectivity index (χ3v) is 6.62. The first-order valence-corrected chi connectivity index (χ1v) is 12.8. The van der Waals surface area contributed by atoms with Gasteiger partial charge in [-0.3, -0.25) is 9.69 Å². The number of anilines is 1. The lowest BCUT2D eigenvalue weighted by molar-refractivity contribution is -0.120. The highest BCUT2D eigenvalue weighted by Gasteiger charge is 2.39. The number of hydrogen-bond acceptors (Lipinski definition) is 7. The number of thioether (sulfide) groups is 1. The van der Waals surface area contributed by atoms with E-state index in [0.717, 1.165) is 5.69 Å². The molecule has 0 saturated heterocycles. The summed E-state index contributed by atoms with van der Waals surface area (Å²) >= 11 is 8.30. The van der Waals surface area contributed by atoms with Crippen LogP contribution in [-0.2, 0) is 4.79 Å². The standard InChI is InChI=1S/C25H23ClN6O2S/c1-4-10-19(33)31-18-14-9-8-13-17(18)21-23(27-25(35-3)29-28-21)34-24(31)20-15(2)30-32(22(20)26)16-11-6-5-7-12-16/h5-9,11-14,24H,4,10H2,1-3H3. The topological polar surface area (TPSA) is 86.0 Å². The number of aromatic nitrogens is 5. The van der Waals surface area contributed by atoms with Gasteiger partial charge in [0.2, 0.25) is 23.2 Å². The zero-order chi connectivity index (χ0) is 24.5. The van der Waals surface area contributed by atoms with Gasteiger partial charge in [0.05, 0.1) is 22.6 Å². The van der Waals surface area contributed by atoms with Crippen molar-refractivity contribution in [3.8, 4) is 22.8 Å². The zero-order valence-electron chi connectivity index (χ0n) is 19.5. The Morgan fingerprint density at radius 1 is 1.11 bits per heavy atom. The predicted octanol–water partition coefficient (Wildman–Crippen LogP) is 5.63. The van der Waals surface area contributed by atoms with E-state index in [1.165, 1.54) is 11.8 Å². The van der Waals surface area contributed by atoms with Crippen LogP contribution in [0, 0.1) is 6.92 Å². The molecule has 178 valence electrons. The monoisotopic (exact) mass is 506 g/mol. The molecule has 0 saturated carbocycles. The highest BCUT2D eigenvalue weighted by atomic mass is 35.5. The fourth-order valence-electron chi connectivity index (χ4n) is 4.12. The van der Waals surface area contributed by atoms with E-state index in [2.05, 4.69) is 20.3 Å². The molecule has 4 aromatic rings. The Kier molecular flexibility index (Phi) is 6.44. The number of para-hydroxylation sites is 2. The van der Waals surface area contributed by atoms with Gasteiger partial charge >= 0.3 is 0 Å². The van der Waals surface area contributed by atoms with E-state index >= 15 is 0 Å². The van der Waals surface area contributed by atoms with Crippen LogP contribution in [0.5, 0.6) is 5.88 Å². The van der Waals surface area contributed by atoms with Crippen LogP contribution in [0.4, 0.5) is 5.69 Å². The molecule has 3 heterocycles. The Morgan fingerprint density at radius 3 is 2.60 bits per heavy atom. The fraction of sp³-hybridized carbons (Fsp3) is 0.240. The van der Waals surface area contributed by atoms with Crippen LogP contribution < -0.4 is 9.64 Å². The van der Waals surface area contributed by atoms with Crippen LogP contribution >= 0.6 is 23.4 Å². The second kappa shape index (κ2) is 9.67. The minimum atomic E-state index is -0.896. The number of fused-ring (bicyclic) bond motifs is 3. The summed E-state index contributed by atoms with van der Waals surface area (Å²) in [6.45, 7) is 3.82. The fourth-order valence-corrected chi connectivity index (χ4v) is 4.79. The third kappa shape index (κ3) is 4.15. The summed E-state index contributed by atoms with van der Waals surface area (Å²) in [6.07, 6.45) is 1.99. The summed E-state index contributed by atoms with van der Waals surface area (Å²) in [5.41, 5.74) is 3.89. The molecule has 0 spiro atoms. The molecule has 0 bridgehead atoms. The van der Waals surface area contributed by atoms with E-state index in [4.69, 9.17) is 16.3 Å². The number of amides is 1. The number of benzene rings is 2. The zero-order valence-corrected chi connectivity index (χ0v) is 21.0. The first-order chi connectivity index (χ1) is 17.0. The van der Waals surface area contributed by atoms with Gasteiger partial charge in [-0.25, -0.2) is 4.68 Å². The van der Waals surface area contributed by atoms with Crippen molar-refractivity contribution in [2.45, 2.75) is 38.1 Å². The van der Waals surface area contributed by atoms with E-state index in [9.17, 15) is 4.79 Å². The van der Waals surface area contributed by atoms with Gasteiger partial charge in [-0.1, -0.05) is 66.7 Å². The Morgan fingerprint density at radius 2 is 1.86 bits per heavy atom. The SMILES string of the molecule is CCCC(=O)N1c2ccccc2-c2nnc(SC)nc2OC1c1c(C)nn(-c2ccccc2)c1Cl. The quantitative estimate of drug-likeness (QED) is 0.324. The van der Waals surface area contributed by atoms with Gasteiger partial charge in [0.1, 0.15) is 5.15 Å². The van der Waals surface area contributed by atoms with Crippen LogP contribution in [0.1, 0.15) is 37.3 Å². The van der Waals surface area contributed by atoms with E-state index in [0.29, 0.717) is 51.4 Å². The highest BCUT2D eigenvalue weighted by Crippen LogP contribution is 2.45. The van der Waals surface area contributed by atoms with Crippen molar-refractivity contribution in [3.63, 3.8) is 0 Å². The maximum Gasteiger partial charge on any atom is 0.247 e. The summed E-state index contributed by atoms with van der Waals surface area (Å²) in [6, 6.07) is 17.1. The molecule has 5 rings (SSSR count). The molecule has 0 N–H and O–H groups in total. The average Bonchev–Trinajstić information content (AvgIpc) is 3.09. The minimum absolute atomic E-state index is 0.0984. The Balaban J connectivity index is 1.75. The van der Waals surface area contributed by atoms with Gasteiger partial charge in [0.15, 0.2) is 5.69 Å². The number of aryl methyl sites for hydroxylation is 1. The van der Waals surface area contributed by atoms with Crippen molar-refractivity contribution >= 4 is 35.0 Å². The van der Waals surface area contributed by atoms with Crippen molar-refractivity contribution in [2.24, 2.45) is 0 Å². The summed E-state index contributed by atoms with van der Waals surface area (Å²) in [7, 11) is 0. The predicted molar refractivity (Wildman–Crippen MR) is 136 cm³/mol. The summed E-state index contributed by atoms with van der Waals surface area (Å²) in [5, 5.41) is 14.1. The minimum Gasteiger partial charge on any atom is -0.447 e. The number of carbonyl (C=O) groups excluding carboxylic acids is 1. The van der Waals surface area contributed by atoms with Gasteiger partial charge in [-0.15, -0.1) is 10.2 Å². The molecule has 35 heavy (non-hydrogen) atoms. The van der Waals surface area contributed by atoms with Gasteiger partial charge in [-0.2, -0.15) is 10.1 Å². The van der Waals surface area contributed by atoms with Gasteiger partial charge in [0, 0.05) is 12.0 Å². The van der Waals surface area contributed by atoms with Crippen molar-refractivity contribution in [1.29, 1.82) is 0 Å². The Hall–Kier alpha value is -3.43. The number of hydrogen-bond donors (Lipinski definition) is 0. The smallest absolute Gasteiger partial charge is 0.247 e. The van der Waals surface area contributed by atoms with Gasteiger partial charge < -0.3 is 4.74 Å². The average molecular weight is 507 g/mol. The van der Waals surface area contributed by atoms with E-state index in [1.807, 2.05) is 74.7 Å². The lowest BCUT2D eigenvalue weighted by atomic mass is 10.1. The number of ether oxygens (including phenoxy) is 1. The van der Waals surface area contributed by atoms with Gasteiger partial charge in [0.25, 0.3) is 0 Å². The summed E-state index contributed by atoms with van der Waals surface area (Å²) < 4.78 is 8.15. The Bertz CT molecular complexity index is 1390. The normalized spacial score (nSPS) is 14.6. The maximum atomic E-state index is 13.6. The van der Waals surface area contributed by atoms with Crippen LogP contribution in [0.2, 0.25) is 5.15 Å². The van der Waals surface area contributed by atoms with E-state index in [-0.39, 0.29) is 11.8 Å². The van der Waals surface area contributed by atoms with Crippen molar-refractivity contribution in [1.82, 2.24) is 25.0 Å². The molecule has 2 aromatic heterocycles. The number of nitrogens with zero attached hydrogens (tertiary/aromatic N) is 6. The highest BCUT2D eigenvalue weighted by molar-refractivity contribution is 7.98. The molecule has 1 atom stereocenters. The van der Waals surface area contributed by atoms with E-state index in [1.54, 1.807) is 9.58 Å². The van der Waals surface area contributed by atoms with E-state index < -0.39 is 6.23 Å². The molecule has 8 nitrogen and oxygen atoms in total. The second-order valence-electron chi connectivity index (χ2n) is 7.99. The van der Waals surface area contributed by atoms with Crippen LogP contribution in [0.15, 0.2) is 59.8 Å². The molecule has 10 heteroatoms. The molecule has 0 fully saturated rings. The second-order valence-corrected chi connectivity index (χ2v) is 9.12. The lowest BCUT2D eigenvalue weighted by Gasteiger charge is -2.30. The van der Waals surface area contributed by atoms with Crippen molar-refractivity contribution in [2.75, 3.05) is 11.2 Å². The number of carbonyl (C=O) groups is 1. The van der Waals surface area contributed by atoms with Crippen LogP contribution in [0.3, 0.4) is 0 Å².